The molecule has 1 atom stereocenters. The molecule has 0 bridgehead atoms. The number of nitrogens with one attached hydrogen (secondary N) is 1. The number of rotatable bonds is 6. The second-order valence-corrected chi connectivity index (χ2v) is 6.73. The number of aromatic amines is 1. The maximum atomic E-state index is 13.1. The molecule has 1 unspecified atom stereocenters. The number of hydrogen-bond donors (Lipinski definition) is 2. The van der Waals surface area contributed by atoms with Crippen LogP contribution >= 0.6 is 11.6 Å². The lowest BCUT2D eigenvalue weighted by Gasteiger charge is -2.09. The minimum Gasteiger partial charge on any atom is -0.481 e. The van der Waals surface area contributed by atoms with Crippen LogP contribution in [0.15, 0.2) is 36.5 Å². The number of carboxylic acids is 1. The Morgan fingerprint density at radius 2 is 2.04 bits per heavy atom. The van der Waals surface area contributed by atoms with Gasteiger partial charge in [-0.25, -0.2) is 0 Å². The minimum absolute atomic E-state index is 0.248. The molecule has 26 heavy (non-hydrogen) atoms. The van der Waals surface area contributed by atoms with Crippen LogP contribution in [0.5, 0.6) is 0 Å². The highest BCUT2D eigenvalue weighted by atomic mass is 35.5. The maximum absolute atomic E-state index is 13.1. The van der Waals surface area contributed by atoms with Gasteiger partial charge in [0.1, 0.15) is 5.69 Å². The zero-order chi connectivity index (χ0) is 18.8. The quantitative estimate of drug-likeness (QED) is 0.622. The van der Waals surface area contributed by atoms with Crippen molar-refractivity contribution < 1.29 is 14.7 Å². The smallest absolute Gasteiger partial charge is 0.310 e. The highest BCUT2D eigenvalue weighted by Gasteiger charge is 2.27. The number of aliphatic carboxylic acids is 1. The van der Waals surface area contributed by atoms with E-state index in [1.165, 1.54) is 0 Å². The molecule has 0 aliphatic rings. The lowest BCUT2D eigenvalue weighted by molar-refractivity contribution is -0.138. The number of carbonyl (C=O) groups excluding carboxylic acids is 1. The Morgan fingerprint density at radius 1 is 1.27 bits per heavy atom. The molecule has 0 saturated heterocycles. The van der Waals surface area contributed by atoms with E-state index in [2.05, 4.69) is 16.9 Å². The average Bonchev–Trinajstić information content (AvgIpc) is 2.99. The molecule has 0 aliphatic carbocycles. The zero-order valence-corrected chi connectivity index (χ0v) is 15.3. The van der Waals surface area contributed by atoms with Gasteiger partial charge in [-0.05, 0) is 49.2 Å². The fourth-order valence-corrected chi connectivity index (χ4v) is 3.28. The molecule has 0 fully saturated rings. The molecule has 0 amide bonds. The molecular formula is C20H19ClN2O3. The van der Waals surface area contributed by atoms with Gasteiger partial charge in [0.15, 0.2) is 0 Å². The lowest BCUT2D eigenvalue weighted by Crippen LogP contribution is -2.14. The van der Waals surface area contributed by atoms with Gasteiger partial charge >= 0.3 is 5.97 Å². The minimum atomic E-state index is -1.01. The van der Waals surface area contributed by atoms with Crippen molar-refractivity contribution in [2.75, 3.05) is 0 Å². The van der Waals surface area contributed by atoms with Gasteiger partial charge < -0.3 is 10.1 Å². The predicted molar refractivity (Wildman–Crippen MR) is 101 cm³/mol. The Hall–Kier alpha value is -2.66. The van der Waals surface area contributed by atoms with Crippen LogP contribution in [-0.4, -0.2) is 26.8 Å². The van der Waals surface area contributed by atoms with Crippen molar-refractivity contribution in [3.63, 3.8) is 0 Å². The molecule has 3 aromatic rings. The standard InChI is InChI=1S/C20H19ClN2O3/c1-3-4-12-7-8-22-16(9-12)19(24)18-17(11(2)20(25)26)14-10-13(21)5-6-15(14)23-18/h5-11,23H,3-4H2,1-2H3,(H,25,26). The number of nitrogens with zero attached hydrogens (tertiary/aromatic N) is 1. The summed E-state index contributed by atoms with van der Waals surface area (Å²) in [7, 11) is 0. The summed E-state index contributed by atoms with van der Waals surface area (Å²) < 4.78 is 0. The van der Waals surface area contributed by atoms with Crippen molar-refractivity contribution in [3.05, 3.63) is 64.1 Å². The molecule has 3 rings (SSSR count). The van der Waals surface area contributed by atoms with E-state index in [1.807, 2.05) is 6.07 Å². The van der Waals surface area contributed by atoms with Gasteiger partial charge in [0.25, 0.3) is 0 Å². The summed E-state index contributed by atoms with van der Waals surface area (Å²) in [6.07, 6.45) is 3.42. The van der Waals surface area contributed by atoms with Crippen LogP contribution in [0.25, 0.3) is 10.9 Å². The second-order valence-electron chi connectivity index (χ2n) is 6.29. The first-order valence-electron chi connectivity index (χ1n) is 8.46. The Bertz CT molecular complexity index is 994. The third-order valence-electron chi connectivity index (χ3n) is 4.43. The van der Waals surface area contributed by atoms with Crippen molar-refractivity contribution in [2.45, 2.75) is 32.6 Å². The molecule has 2 aromatic heterocycles. The van der Waals surface area contributed by atoms with Gasteiger partial charge in [-0.2, -0.15) is 0 Å². The first-order chi connectivity index (χ1) is 12.4. The molecule has 134 valence electrons. The monoisotopic (exact) mass is 370 g/mol. The van der Waals surface area contributed by atoms with E-state index in [-0.39, 0.29) is 11.5 Å². The largest absolute Gasteiger partial charge is 0.481 e. The number of ketones is 1. The molecule has 1 aromatic carbocycles. The van der Waals surface area contributed by atoms with E-state index in [0.29, 0.717) is 27.2 Å². The lowest BCUT2D eigenvalue weighted by atomic mass is 9.95. The summed E-state index contributed by atoms with van der Waals surface area (Å²) in [5.41, 5.74) is 2.68. The van der Waals surface area contributed by atoms with Crippen LogP contribution in [0.4, 0.5) is 0 Å². The number of benzene rings is 1. The van der Waals surface area contributed by atoms with Crippen molar-refractivity contribution in [2.24, 2.45) is 0 Å². The average molecular weight is 371 g/mol. The normalized spacial score (nSPS) is 12.3. The fourth-order valence-electron chi connectivity index (χ4n) is 3.11. The molecule has 0 saturated carbocycles. The van der Waals surface area contributed by atoms with E-state index in [9.17, 15) is 14.7 Å². The van der Waals surface area contributed by atoms with Crippen LogP contribution in [0, 0.1) is 0 Å². The molecule has 0 radical (unpaired) electrons. The zero-order valence-electron chi connectivity index (χ0n) is 14.5. The number of carboxylic acid groups (broad SMARTS) is 1. The van der Waals surface area contributed by atoms with Gasteiger partial charge in [-0.1, -0.05) is 24.9 Å². The van der Waals surface area contributed by atoms with Crippen LogP contribution in [-0.2, 0) is 11.2 Å². The van der Waals surface area contributed by atoms with E-state index < -0.39 is 11.9 Å². The van der Waals surface area contributed by atoms with Crippen molar-refractivity contribution in [1.29, 1.82) is 0 Å². The first kappa shape index (κ1) is 18.1. The number of pyridine rings is 1. The topological polar surface area (TPSA) is 83.0 Å². The second kappa shape index (κ2) is 7.30. The Morgan fingerprint density at radius 3 is 2.73 bits per heavy atom. The van der Waals surface area contributed by atoms with Crippen molar-refractivity contribution in [1.82, 2.24) is 9.97 Å². The molecular weight excluding hydrogens is 352 g/mol. The first-order valence-corrected chi connectivity index (χ1v) is 8.83. The van der Waals surface area contributed by atoms with Crippen LogP contribution in [0.1, 0.15) is 53.5 Å². The van der Waals surface area contributed by atoms with E-state index >= 15 is 0 Å². The predicted octanol–water partition coefficient (Wildman–Crippen LogP) is 4.59. The van der Waals surface area contributed by atoms with Gasteiger partial charge in [-0.15, -0.1) is 0 Å². The molecule has 2 heterocycles. The third kappa shape index (κ3) is 3.35. The summed E-state index contributed by atoms with van der Waals surface area (Å²) >= 11 is 6.08. The number of carbonyl (C=O) groups is 2. The Kier molecular flexibility index (Phi) is 5.09. The van der Waals surface area contributed by atoms with Crippen LogP contribution < -0.4 is 0 Å². The number of H-pyrrole nitrogens is 1. The summed E-state index contributed by atoms with van der Waals surface area (Å²) in [5.74, 6) is -2.19. The van der Waals surface area contributed by atoms with E-state index in [0.717, 1.165) is 18.4 Å². The van der Waals surface area contributed by atoms with Crippen molar-refractivity contribution in [3.8, 4) is 0 Å². The van der Waals surface area contributed by atoms with Gasteiger partial charge in [-0.3, -0.25) is 14.6 Å². The molecule has 0 spiro atoms. The summed E-state index contributed by atoms with van der Waals surface area (Å²) in [5, 5.41) is 10.6. The molecule has 2 N–H and O–H groups in total. The number of fused-ring (bicyclic) bond motifs is 1. The highest BCUT2D eigenvalue weighted by Crippen LogP contribution is 2.32. The van der Waals surface area contributed by atoms with E-state index in [1.54, 1.807) is 37.4 Å². The van der Waals surface area contributed by atoms with Gasteiger partial charge in [0.05, 0.1) is 11.6 Å². The van der Waals surface area contributed by atoms with Gasteiger partial charge in [0.2, 0.25) is 5.78 Å². The maximum Gasteiger partial charge on any atom is 0.310 e. The highest BCUT2D eigenvalue weighted by molar-refractivity contribution is 6.31. The Labute approximate surface area is 156 Å². The number of aryl methyl sites for hydroxylation is 1. The Balaban J connectivity index is 2.17. The molecule has 6 heteroatoms. The summed E-state index contributed by atoms with van der Waals surface area (Å²) in [6, 6.07) is 8.77. The summed E-state index contributed by atoms with van der Waals surface area (Å²) in [6.45, 7) is 3.62. The number of halogens is 1. The van der Waals surface area contributed by atoms with Crippen LogP contribution in [0.2, 0.25) is 5.02 Å². The summed E-state index contributed by atoms with van der Waals surface area (Å²) in [4.78, 5) is 31.9. The number of hydrogen-bond acceptors (Lipinski definition) is 3. The molecule has 5 nitrogen and oxygen atoms in total. The molecule has 0 aliphatic heterocycles. The van der Waals surface area contributed by atoms with Crippen LogP contribution in [0.3, 0.4) is 0 Å². The third-order valence-corrected chi connectivity index (χ3v) is 4.66. The van der Waals surface area contributed by atoms with Crippen molar-refractivity contribution >= 4 is 34.3 Å². The fraction of sp³-hybridized carbons (Fsp3) is 0.250. The van der Waals surface area contributed by atoms with E-state index in [4.69, 9.17) is 11.6 Å². The van der Waals surface area contributed by atoms with Gasteiger partial charge in [0, 0.05) is 27.7 Å². The SMILES string of the molecule is CCCc1ccnc(C(=O)c2[nH]c3ccc(Cl)cc3c2C(C)C(=O)O)c1. The number of aromatic nitrogens is 2.